The summed E-state index contributed by atoms with van der Waals surface area (Å²) in [5.74, 6) is 0. The zero-order chi connectivity index (χ0) is 6.85. The quantitative estimate of drug-likeness (QED) is 0.410. The van der Waals surface area contributed by atoms with E-state index in [1.165, 1.54) is 0 Å². The summed E-state index contributed by atoms with van der Waals surface area (Å²) < 4.78 is 0. The average Bonchev–Trinajstić information content (AvgIpc) is 1.59. The van der Waals surface area contributed by atoms with Crippen LogP contribution < -0.4 is 106 Å². The van der Waals surface area contributed by atoms with Gasteiger partial charge in [0.25, 0.3) is 0 Å². The fraction of sp³-hybridized carbons (Fsp3) is 0. The van der Waals surface area contributed by atoms with Crippen molar-refractivity contribution in [1.29, 1.82) is 0 Å². The molecule has 0 bridgehead atoms. The van der Waals surface area contributed by atoms with Crippen molar-refractivity contribution >= 4 is 24.8 Å². The second kappa shape index (κ2) is 15.0. The molecular formula is C3H8Cl2N3Na3O3. The van der Waals surface area contributed by atoms with Gasteiger partial charge in [0.1, 0.15) is 0 Å². The molecule has 0 unspecified atom stereocenters. The molecule has 1 aromatic rings. The molecule has 6 nitrogen and oxygen atoms in total. The number of aromatic amines is 3. The van der Waals surface area contributed by atoms with E-state index < -0.39 is 17.1 Å². The molecule has 0 spiro atoms. The minimum Gasteiger partial charge on any atom is -1.00 e. The zero-order valence-electron chi connectivity index (χ0n) is 11.0. The summed E-state index contributed by atoms with van der Waals surface area (Å²) >= 11 is 0. The molecule has 1 heterocycles. The fourth-order valence-electron chi connectivity index (χ4n) is 0.403. The van der Waals surface area contributed by atoms with Crippen LogP contribution in [-0.2, 0) is 0 Å². The molecule has 0 amide bonds. The SMILES string of the molecule is Cl.Cl.O=c1[nH]c(=O)[nH]c(=O)[nH]1.[H-].[H-].[H-].[Na+].[Na+].[Na+]. The van der Waals surface area contributed by atoms with Crippen LogP contribution in [0.1, 0.15) is 4.28 Å². The second-order valence-electron chi connectivity index (χ2n) is 1.36. The van der Waals surface area contributed by atoms with Gasteiger partial charge in [-0.1, -0.05) is 0 Å². The third-order valence-electron chi connectivity index (χ3n) is 0.681. The topological polar surface area (TPSA) is 98.6 Å². The van der Waals surface area contributed by atoms with E-state index in [-0.39, 0.29) is 118 Å². The molecule has 0 aliphatic rings. The molecular weight excluding hydrogens is 266 g/mol. The minimum absolute atomic E-state index is 0. The number of hydrogen-bond acceptors (Lipinski definition) is 3. The van der Waals surface area contributed by atoms with Gasteiger partial charge in [0.15, 0.2) is 0 Å². The Labute approximate surface area is 162 Å². The Hall–Kier alpha value is 1.99. The van der Waals surface area contributed by atoms with E-state index in [0.717, 1.165) is 0 Å². The molecule has 0 saturated carbocycles. The van der Waals surface area contributed by atoms with Gasteiger partial charge in [0, 0.05) is 0 Å². The van der Waals surface area contributed by atoms with Gasteiger partial charge in [-0.15, -0.1) is 24.8 Å². The number of H-pyrrole nitrogens is 3. The summed E-state index contributed by atoms with van der Waals surface area (Å²) in [7, 11) is 0. The molecule has 0 aliphatic carbocycles. The van der Waals surface area contributed by atoms with E-state index in [1.54, 1.807) is 15.0 Å². The van der Waals surface area contributed by atoms with E-state index in [4.69, 9.17) is 0 Å². The van der Waals surface area contributed by atoms with Crippen molar-refractivity contribution in [3.63, 3.8) is 0 Å². The minimum atomic E-state index is -0.802. The van der Waals surface area contributed by atoms with E-state index in [0.29, 0.717) is 0 Å². The Balaban J connectivity index is -0.0000000169. The predicted octanol–water partition coefficient (Wildman–Crippen LogP) is -10.1. The average molecular weight is 274 g/mol. The normalized spacial score (nSPS) is 6.00. The largest absolute Gasteiger partial charge is 1.00 e. The van der Waals surface area contributed by atoms with Crippen LogP contribution in [0.15, 0.2) is 14.4 Å². The van der Waals surface area contributed by atoms with Gasteiger partial charge in [0.05, 0.1) is 0 Å². The summed E-state index contributed by atoms with van der Waals surface area (Å²) in [6.45, 7) is 0. The number of halogens is 2. The first-order valence-corrected chi connectivity index (χ1v) is 2.11. The van der Waals surface area contributed by atoms with Crippen LogP contribution in [0.2, 0.25) is 0 Å². The molecule has 0 fully saturated rings. The molecule has 3 N–H and O–H groups in total. The van der Waals surface area contributed by atoms with Crippen LogP contribution in [0.25, 0.3) is 0 Å². The maximum absolute atomic E-state index is 10.2. The second-order valence-corrected chi connectivity index (χ2v) is 1.36. The molecule has 0 atom stereocenters. The first-order chi connectivity index (χ1) is 4.18. The molecule has 0 aliphatic heterocycles. The first-order valence-electron chi connectivity index (χ1n) is 2.11. The van der Waals surface area contributed by atoms with Gasteiger partial charge in [-0.05, 0) is 0 Å². The van der Waals surface area contributed by atoms with Gasteiger partial charge < -0.3 is 4.28 Å². The standard InChI is InChI=1S/C3H3N3O3.2ClH.3Na.3H/c7-1-4-2(8)6-3(9)5-1;;;;;;;;/h(H3,4,5,6,7,8,9);2*1H;;;;;;/q;;;3*+1;3*-1. The van der Waals surface area contributed by atoms with Crippen LogP contribution in [0, 0.1) is 0 Å². The van der Waals surface area contributed by atoms with Crippen molar-refractivity contribution in [1.82, 2.24) is 15.0 Å². The van der Waals surface area contributed by atoms with Crippen molar-refractivity contribution in [2.45, 2.75) is 0 Å². The number of nitrogens with one attached hydrogen (secondary N) is 3. The molecule has 0 radical (unpaired) electrons. The monoisotopic (exact) mass is 273 g/mol. The number of hydrogen-bond donors (Lipinski definition) is 3. The van der Waals surface area contributed by atoms with Crippen molar-refractivity contribution < 1.29 is 93.0 Å². The van der Waals surface area contributed by atoms with E-state index in [9.17, 15) is 14.4 Å². The summed E-state index contributed by atoms with van der Waals surface area (Å²) in [4.78, 5) is 35.9. The summed E-state index contributed by atoms with van der Waals surface area (Å²) in [5, 5.41) is 0. The predicted molar refractivity (Wildman–Crippen MR) is 46.1 cm³/mol. The van der Waals surface area contributed by atoms with Crippen molar-refractivity contribution in [3.05, 3.63) is 31.5 Å². The summed E-state index contributed by atoms with van der Waals surface area (Å²) in [5.41, 5.74) is -2.41. The van der Waals surface area contributed by atoms with Gasteiger partial charge in [-0.25, -0.2) is 14.4 Å². The Morgan fingerprint density at radius 2 is 0.786 bits per heavy atom. The third kappa shape index (κ3) is 12.1. The third-order valence-corrected chi connectivity index (χ3v) is 0.681. The van der Waals surface area contributed by atoms with Crippen LogP contribution in [-0.4, -0.2) is 15.0 Å². The molecule has 70 valence electrons. The number of aromatic nitrogens is 3. The molecule has 14 heavy (non-hydrogen) atoms. The molecule has 1 aromatic heterocycles. The molecule has 11 heteroatoms. The van der Waals surface area contributed by atoms with Gasteiger partial charge in [0.2, 0.25) is 0 Å². The van der Waals surface area contributed by atoms with E-state index in [2.05, 4.69) is 0 Å². The molecule has 0 saturated heterocycles. The van der Waals surface area contributed by atoms with E-state index in [1.807, 2.05) is 0 Å². The van der Waals surface area contributed by atoms with Crippen LogP contribution in [0.5, 0.6) is 0 Å². The zero-order valence-corrected chi connectivity index (χ0v) is 15.7. The fourth-order valence-corrected chi connectivity index (χ4v) is 0.403. The van der Waals surface area contributed by atoms with Crippen LogP contribution in [0.4, 0.5) is 0 Å². The first kappa shape index (κ1) is 29.7. The Bertz CT molecular complexity index is 306. The maximum Gasteiger partial charge on any atom is 1.00 e. The van der Waals surface area contributed by atoms with Crippen LogP contribution >= 0.6 is 24.8 Å². The van der Waals surface area contributed by atoms with E-state index >= 15 is 0 Å². The summed E-state index contributed by atoms with van der Waals surface area (Å²) in [6.07, 6.45) is 0. The molecule has 1 rings (SSSR count). The van der Waals surface area contributed by atoms with Crippen molar-refractivity contribution in [2.24, 2.45) is 0 Å². The Morgan fingerprint density at radius 1 is 0.643 bits per heavy atom. The van der Waals surface area contributed by atoms with Gasteiger partial charge in [-0.2, -0.15) is 0 Å². The van der Waals surface area contributed by atoms with Crippen molar-refractivity contribution in [3.8, 4) is 0 Å². The maximum atomic E-state index is 10.2. The Morgan fingerprint density at radius 3 is 0.929 bits per heavy atom. The number of rotatable bonds is 0. The van der Waals surface area contributed by atoms with Crippen molar-refractivity contribution in [2.75, 3.05) is 0 Å². The smallest absolute Gasteiger partial charge is 1.00 e. The van der Waals surface area contributed by atoms with Gasteiger partial charge in [-0.3, -0.25) is 15.0 Å². The van der Waals surface area contributed by atoms with Crippen LogP contribution in [0.3, 0.4) is 0 Å². The Kier molecular flexibility index (Phi) is 31.9. The summed E-state index contributed by atoms with van der Waals surface area (Å²) in [6, 6.07) is 0. The van der Waals surface area contributed by atoms with Gasteiger partial charge >= 0.3 is 106 Å². The molecule has 0 aromatic carbocycles.